The number of imide groups is 1. The highest BCUT2D eigenvalue weighted by Crippen LogP contribution is 2.31. The van der Waals surface area contributed by atoms with Gasteiger partial charge in [0.1, 0.15) is 6.04 Å². The molecule has 1 aliphatic heterocycles. The van der Waals surface area contributed by atoms with Gasteiger partial charge in [-0.3, -0.25) is 14.4 Å². The van der Waals surface area contributed by atoms with Gasteiger partial charge in [-0.2, -0.15) is 0 Å². The van der Waals surface area contributed by atoms with E-state index >= 15 is 0 Å². The molecule has 2 fully saturated rings. The normalized spacial score (nSPS) is 22.1. The molecule has 1 saturated heterocycles. The van der Waals surface area contributed by atoms with Crippen molar-refractivity contribution in [2.75, 3.05) is 4.90 Å². The number of anilines is 1. The van der Waals surface area contributed by atoms with Gasteiger partial charge in [0.2, 0.25) is 11.8 Å². The minimum absolute atomic E-state index is 0.0784. The van der Waals surface area contributed by atoms with Gasteiger partial charge in [0, 0.05) is 16.5 Å². The predicted molar refractivity (Wildman–Crippen MR) is 99.5 cm³/mol. The molecule has 2 aliphatic rings. The van der Waals surface area contributed by atoms with Gasteiger partial charge in [-0.15, -0.1) is 0 Å². The minimum atomic E-state index is -0.655. The number of hydrogen-bond acceptors (Lipinski definition) is 3. The summed E-state index contributed by atoms with van der Waals surface area (Å²) in [6.07, 6.45) is 5.24. The molecule has 128 valence electrons. The van der Waals surface area contributed by atoms with E-state index in [-0.39, 0.29) is 30.2 Å². The van der Waals surface area contributed by atoms with Crippen LogP contribution in [0.5, 0.6) is 0 Å². The van der Waals surface area contributed by atoms with Gasteiger partial charge in [0.05, 0.1) is 12.1 Å². The lowest BCUT2D eigenvalue weighted by Crippen LogP contribution is -2.50. The zero-order valence-corrected chi connectivity index (χ0v) is 15.9. The van der Waals surface area contributed by atoms with Crippen molar-refractivity contribution in [2.45, 2.75) is 57.5 Å². The number of nitrogens with zero attached hydrogens (tertiary/aromatic N) is 2. The van der Waals surface area contributed by atoms with E-state index in [9.17, 15) is 14.4 Å². The van der Waals surface area contributed by atoms with Crippen LogP contribution in [0.2, 0.25) is 0 Å². The molecule has 1 unspecified atom stereocenters. The van der Waals surface area contributed by atoms with Crippen molar-refractivity contribution in [2.24, 2.45) is 0 Å². The topological polar surface area (TPSA) is 57.7 Å². The molecule has 5 nitrogen and oxygen atoms in total. The van der Waals surface area contributed by atoms with Crippen LogP contribution in [0.25, 0.3) is 0 Å². The molecule has 0 bridgehead atoms. The first-order chi connectivity index (χ1) is 11.5. The van der Waals surface area contributed by atoms with Crippen LogP contribution in [0.3, 0.4) is 0 Å². The van der Waals surface area contributed by atoms with Crippen molar-refractivity contribution in [1.82, 2.24) is 4.90 Å². The Morgan fingerprint density at radius 3 is 2.33 bits per heavy atom. The highest BCUT2D eigenvalue weighted by Gasteiger charge is 2.45. The summed E-state index contributed by atoms with van der Waals surface area (Å²) in [5.41, 5.74) is 0.583. The maximum Gasteiger partial charge on any atom is 0.257 e. The van der Waals surface area contributed by atoms with E-state index in [4.69, 9.17) is 0 Å². The molecule has 1 heterocycles. The van der Waals surface area contributed by atoms with E-state index in [1.165, 1.54) is 18.2 Å². The third-order valence-electron chi connectivity index (χ3n) is 4.88. The second kappa shape index (κ2) is 7.21. The molecule has 1 saturated carbocycles. The Morgan fingerprint density at radius 2 is 1.75 bits per heavy atom. The number of carbonyl (C=O) groups is 3. The Hall–Kier alpha value is -1.44. The fourth-order valence-electron chi connectivity index (χ4n) is 3.78. The summed E-state index contributed by atoms with van der Waals surface area (Å²) in [4.78, 5) is 40.5. The monoisotopic (exact) mass is 440 g/mol. The lowest BCUT2D eigenvalue weighted by Gasteiger charge is -2.36. The standard InChI is InChI=1S/C18H21IN2O3/c1-12(22)20(14-5-3-2-4-6-14)16-11-17(23)21(18(16)24)15-9-7-13(19)8-10-15/h7-10,14,16H,2-6,11H2,1H3. The molecule has 0 spiro atoms. The van der Waals surface area contributed by atoms with Crippen LogP contribution in [-0.2, 0) is 14.4 Å². The molecule has 24 heavy (non-hydrogen) atoms. The fraction of sp³-hybridized carbons (Fsp3) is 0.500. The molecular weight excluding hydrogens is 419 g/mol. The summed E-state index contributed by atoms with van der Waals surface area (Å²) in [6, 6.07) is 6.71. The summed E-state index contributed by atoms with van der Waals surface area (Å²) >= 11 is 2.18. The highest BCUT2D eigenvalue weighted by atomic mass is 127. The Kier molecular flexibility index (Phi) is 5.22. The number of halogens is 1. The molecule has 1 aromatic carbocycles. The molecule has 3 amide bonds. The van der Waals surface area contributed by atoms with E-state index < -0.39 is 6.04 Å². The van der Waals surface area contributed by atoms with Crippen LogP contribution in [0, 0.1) is 3.57 Å². The van der Waals surface area contributed by atoms with Gasteiger partial charge in [-0.05, 0) is 59.7 Å². The third kappa shape index (κ3) is 3.34. The summed E-state index contributed by atoms with van der Waals surface area (Å²) in [5, 5.41) is 0. The van der Waals surface area contributed by atoms with Crippen LogP contribution in [0.15, 0.2) is 24.3 Å². The van der Waals surface area contributed by atoms with Crippen molar-refractivity contribution < 1.29 is 14.4 Å². The van der Waals surface area contributed by atoms with Gasteiger partial charge in [-0.25, -0.2) is 4.90 Å². The van der Waals surface area contributed by atoms with Gasteiger partial charge < -0.3 is 4.90 Å². The smallest absolute Gasteiger partial charge is 0.257 e. The highest BCUT2D eigenvalue weighted by molar-refractivity contribution is 14.1. The molecular formula is C18H21IN2O3. The first kappa shape index (κ1) is 17.4. The number of rotatable bonds is 3. The number of amides is 3. The predicted octanol–water partition coefficient (Wildman–Crippen LogP) is 3.10. The maximum atomic E-state index is 12.9. The molecule has 6 heteroatoms. The van der Waals surface area contributed by atoms with Crippen molar-refractivity contribution >= 4 is 46.0 Å². The van der Waals surface area contributed by atoms with Crippen LogP contribution in [0.4, 0.5) is 5.69 Å². The summed E-state index contributed by atoms with van der Waals surface area (Å²) in [6.45, 7) is 1.50. The molecule has 1 aliphatic carbocycles. The van der Waals surface area contributed by atoms with Gasteiger partial charge in [0.15, 0.2) is 0 Å². The summed E-state index contributed by atoms with van der Waals surface area (Å²) < 4.78 is 1.04. The molecule has 1 atom stereocenters. The molecule has 0 N–H and O–H groups in total. The van der Waals surface area contributed by atoms with E-state index in [1.54, 1.807) is 17.0 Å². The van der Waals surface area contributed by atoms with E-state index in [2.05, 4.69) is 22.6 Å². The molecule has 0 aromatic heterocycles. The average Bonchev–Trinajstić information content (AvgIpc) is 2.84. The number of benzene rings is 1. The minimum Gasteiger partial charge on any atom is -0.327 e. The van der Waals surface area contributed by atoms with Gasteiger partial charge in [0.25, 0.3) is 5.91 Å². The Balaban J connectivity index is 1.85. The van der Waals surface area contributed by atoms with Gasteiger partial charge in [-0.1, -0.05) is 19.3 Å². The van der Waals surface area contributed by atoms with E-state index in [0.29, 0.717) is 5.69 Å². The quantitative estimate of drug-likeness (QED) is 0.536. The van der Waals surface area contributed by atoms with Gasteiger partial charge >= 0.3 is 0 Å². The maximum absolute atomic E-state index is 12.9. The van der Waals surface area contributed by atoms with Crippen LogP contribution < -0.4 is 4.90 Å². The zero-order valence-electron chi connectivity index (χ0n) is 13.7. The lowest BCUT2D eigenvalue weighted by atomic mass is 9.92. The second-order valence-corrected chi connectivity index (χ2v) is 7.73. The Morgan fingerprint density at radius 1 is 1.12 bits per heavy atom. The SMILES string of the molecule is CC(=O)N(C1CCCCC1)C1CC(=O)N(c2ccc(I)cc2)C1=O. The van der Waals surface area contributed by atoms with Crippen molar-refractivity contribution in [1.29, 1.82) is 0 Å². The third-order valence-corrected chi connectivity index (χ3v) is 5.59. The molecule has 1 aromatic rings. The Bertz CT molecular complexity index is 653. The number of hydrogen-bond donors (Lipinski definition) is 0. The average molecular weight is 440 g/mol. The van der Waals surface area contributed by atoms with E-state index in [0.717, 1.165) is 29.3 Å². The summed E-state index contributed by atoms with van der Waals surface area (Å²) in [7, 11) is 0. The van der Waals surface area contributed by atoms with Crippen molar-refractivity contribution in [3.8, 4) is 0 Å². The molecule has 0 radical (unpaired) electrons. The first-order valence-corrected chi connectivity index (χ1v) is 9.48. The van der Waals surface area contributed by atoms with Crippen LogP contribution in [-0.4, -0.2) is 34.7 Å². The first-order valence-electron chi connectivity index (χ1n) is 8.40. The van der Waals surface area contributed by atoms with Crippen molar-refractivity contribution in [3.05, 3.63) is 27.8 Å². The van der Waals surface area contributed by atoms with Crippen LogP contribution >= 0.6 is 22.6 Å². The van der Waals surface area contributed by atoms with Crippen LogP contribution in [0.1, 0.15) is 45.4 Å². The second-order valence-electron chi connectivity index (χ2n) is 6.48. The molecule has 3 rings (SSSR count). The zero-order chi connectivity index (χ0) is 17.3. The van der Waals surface area contributed by atoms with E-state index in [1.807, 2.05) is 12.1 Å². The largest absolute Gasteiger partial charge is 0.327 e. The fourth-order valence-corrected chi connectivity index (χ4v) is 4.14. The lowest BCUT2D eigenvalue weighted by molar-refractivity contribution is -0.140. The Labute approximate surface area is 155 Å². The van der Waals surface area contributed by atoms with Crippen molar-refractivity contribution in [3.63, 3.8) is 0 Å². The summed E-state index contributed by atoms with van der Waals surface area (Å²) in [5.74, 6) is -0.618. The number of carbonyl (C=O) groups excluding carboxylic acids is 3.